The summed E-state index contributed by atoms with van der Waals surface area (Å²) in [6, 6.07) is 8.05. The number of aromatic nitrogens is 1. The summed E-state index contributed by atoms with van der Waals surface area (Å²) in [4.78, 5) is 8.09. The van der Waals surface area contributed by atoms with Gasteiger partial charge in [0.1, 0.15) is 0 Å². The molecule has 1 aliphatic rings. The zero-order valence-electron chi connectivity index (χ0n) is 9.90. The van der Waals surface area contributed by atoms with Gasteiger partial charge < -0.3 is 5.73 Å². The lowest BCUT2D eigenvalue weighted by Crippen LogP contribution is -2.29. The summed E-state index contributed by atoms with van der Waals surface area (Å²) in [5, 5.41) is 1.48. The summed E-state index contributed by atoms with van der Waals surface area (Å²) < 4.78 is 0. The number of halogens is 1. The highest BCUT2D eigenvalue weighted by Crippen LogP contribution is 2.27. The number of hydrogen-bond acceptors (Lipinski definition) is 4. The van der Waals surface area contributed by atoms with Crippen LogP contribution in [0.1, 0.15) is 16.1 Å². The molecule has 1 aromatic heterocycles. The van der Waals surface area contributed by atoms with E-state index in [2.05, 4.69) is 22.0 Å². The van der Waals surface area contributed by atoms with Crippen LogP contribution in [0.5, 0.6) is 0 Å². The van der Waals surface area contributed by atoms with Crippen molar-refractivity contribution in [1.82, 2.24) is 9.88 Å². The highest BCUT2D eigenvalue weighted by Gasteiger charge is 2.19. The Balaban J connectivity index is 1.70. The molecule has 1 aromatic carbocycles. The van der Waals surface area contributed by atoms with Crippen LogP contribution in [0.15, 0.2) is 24.3 Å². The Morgan fingerprint density at radius 2 is 2.11 bits per heavy atom. The van der Waals surface area contributed by atoms with Gasteiger partial charge in [0.2, 0.25) is 0 Å². The summed E-state index contributed by atoms with van der Waals surface area (Å²) in [7, 11) is 0. The Labute approximate surface area is 115 Å². The zero-order valence-corrected chi connectivity index (χ0v) is 11.5. The highest BCUT2D eigenvalue weighted by atomic mass is 35.5. The zero-order chi connectivity index (χ0) is 12.5. The quantitative estimate of drug-likeness (QED) is 0.919. The first kappa shape index (κ1) is 12.0. The molecule has 2 N–H and O–H groups in total. The van der Waals surface area contributed by atoms with E-state index >= 15 is 0 Å². The topological polar surface area (TPSA) is 42.1 Å². The average molecular weight is 280 g/mol. The van der Waals surface area contributed by atoms with Gasteiger partial charge in [-0.3, -0.25) is 4.90 Å². The molecule has 0 fully saturated rings. The molecule has 0 unspecified atom stereocenters. The molecule has 2 heterocycles. The van der Waals surface area contributed by atoms with Crippen LogP contribution in [0.2, 0.25) is 5.02 Å². The van der Waals surface area contributed by atoms with Crippen molar-refractivity contribution in [3.8, 4) is 0 Å². The smallest absolute Gasteiger partial charge is 0.180 e. The third kappa shape index (κ3) is 2.51. The molecule has 0 saturated heterocycles. The van der Waals surface area contributed by atoms with Gasteiger partial charge in [-0.1, -0.05) is 23.7 Å². The molecule has 94 valence electrons. The number of nitrogens with two attached hydrogens (primary N) is 1. The fraction of sp³-hybridized carbons (Fsp3) is 0.308. The van der Waals surface area contributed by atoms with Gasteiger partial charge in [-0.25, -0.2) is 4.98 Å². The lowest BCUT2D eigenvalue weighted by molar-refractivity contribution is 0.247. The second-order valence-corrected chi connectivity index (χ2v) is 6.06. The van der Waals surface area contributed by atoms with Gasteiger partial charge in [0, 0.05) is 36.0 Å². The maximum atomic E-state index is 5.89. The molecule has 0 aliphatic carbocycles. The molecule has 3 rings (SSSR count). The van der Waals surface area contributed by atoms with E-state index in [1.54, 1.807) is 11.3 Å². The molecule has 0 atom stereocenters. The third-order valence-corrected chi connectivity index (χ3v) is 4.31. The van der Waals surface area contributed by atoms with Crippen molar-refractivity contribution < 1.29 is 0 Å². The molecule has 18 heavy (non-hydrogen) atoms. The molecule has 5 heteroatoms. The Hall–Kier alpha value is -1.10. The van der Waals surface area contributed by atoms with Gasteiger partial charge in [0.15, 0.2) is 5.13 Å². The number of benzene rings is 1. The van der Waals surface area contributed by atoms with Crippen LogP contribution in [0.25, 0.3) is 0 Å². The largest absolute Gasteiger partial charge is 0.375 e. The first-order chi connectivity index (χ1) is 8.70. The van der Waals surface area contributed by atoms with Crippen LogP contribution in [0.4, 0.5) is 5.13 Å². The SMILES string of the molecule is Nc1nc2c(s1)CN(Cc1ccc(Cl)cc1)CC2. The van der Waals surface area contributed by atoms with Gasteiger partial charge in [-0.15, -0.1) is 11.3 Å². The summed E-state index contributed by atoms with van der Waals surface area (Å²) >= 11 is 7.50. The van der Waals surface area contributed by atoms with Crippen LogP contribution in [-0.4, -0.2) is 16.4 Å². The van der Waals surface area contributed by atoms with Crippen LogP contribution < -0.4 is 5.73 Å². The molecule has 0 spiro atoms. The van der Waals surface area contributed by atoms with Crippen molar-refractivity contribution in [3.63, 3.8) is 0 Å². The second kappa shape index (κ2) is 4.88. The third-order valence-electron chi connectivity index (χ3n) is 3.15. The van der Waals surface area contributed by atoms with Crippen LogP contribution in [0.3, 0.4) is 0 Å². The number of nitrogens with zero attached hydrogens (tertiary/aromatic N) is 2. The molecule has 2 aromatic rings. The number of anilines is 1. The Bertz CT molecular complexity index is 550. The van der Waals surface area contributed by atoms with E-state index in [1.807, 2.05) is 12.1 Å². The molecule has 0 bridgehead atoms. The minimum Gasteiger partial charge on any atom is -0.375 e. The number of nitrogen functional groups attached to an aromatic ring is 1. The van der Waals surface area contributed by atoms with E-state index in [4.69, 9.17) is 17.3 Å². The lowest BCUT2D eigenvalue weighted by atomic mass is 10.1. The van der Waals surface area contributed by atoms with E-state index in [0.29, 0.717) is 5.13 Å². The highest BCUT2D eigenvalue weighted by molar-refractivity contribution is 7.15. The molecular formula is C13H14ClN3S. The Morgan fingerprint density at radius 1 is 1.33 bits per heavy atom. The maximum Gasteiger partial charge on any atom is 0.180 e. The number of hydrogen-bond donors (Lipinski definition) is 1. The van der Waals surface area contributed by atoms with Gasteiger partial charge in [-0.2, -0.15) is 0 Å². The fourth-order valence-electron chi connectivity index (χ4n) is 2.25. The van der Waals surface area contributed by atoms with Crippen LogP contribution in [0, 0.1) is 0 Å². The Morgan fingerprint density at radius 3 is 2.89 bits per heavy atom. The summed E-state index contributed by atoms with van der Waals surface area (Å²) in [6.45, 7) is 2.94. The van der Waals surface area contributed by atoms with E-state index in [1.165, 1.54) is 16.1 Å². The fourth-order valence-corrected chi connectivity index (χ4v) is 3.30. The molecule has 1 aliphatic heterocycles. The lowest BCUT2D eigenvalue weighted by Gasteiger charge is -2.25. The maximum absolute atomic E-state index is 5.89. The second-order valence-electron chi connectivity index (χ2n) is 4.51. The predicted molar refractivity (Wildman–Crippen MR) is 75.8 cm³/mol. The minimum atomic E-state index is 0.688. The average Bonchev–Trinajstić information content (AvgIpc) is 2.71. The summed E-state index contributed by atoms with van der Waals surface area (Å²) in [6.07, 6.45) is 0.997. The van der Waals surface area contributed by atoms with Gasteiger partial charge in [0.25, 0.3) is 0 Å². The summed E-state index contributed by atoms with van der Waals surface area (Å²) in [5.41, 5.74) is 8.22. The minimum absolute atomic E-state index is 0.688. The van der Waals surface area contributed by atoms with Crippen molar-refractivity contribution in [3.05, 3.63) is 45.4 Å². The van der Waals surface area contributed by atoms with Crippen LogP contribution in [-0.2, 0) is 19.5 Å². The standard InChI is InChI=1S/C13H14ClN3S/c14-10-3-1-9(2-4-10)7-17-6-5-11-12(8-17)18-13(15)16-11/h1-4H,5-8H2,(H2,15,16). The van der Waals surface area contributed by atoms with Crippen molar-refractivity contribution in [1.29, 1.82) is 0 Å². The van der Waals surface area contributed by atoms with E-state index in [0.717, 1.165) is 31.1 Å². The molecule has 0 radical (unpaired) electrons. The van der Waals surface area contributed by atoms with Crippen molar-refractivity contribution in [2.45, 2.75) is 19.5 Å². The number of fused-ring (bicyclic) bond motifs is 1. The van der Waals surface area contributed by atoms with Gasteiger partial charge in [0.05, 0.1) is 5.69 Å². The first-order valence-electron chi connectivity index (χ1n) is 5.91. The van der Waals surface area contributed by atoms with E-state index < -0.39 is 0 Å². The summed E-state index contributed by atoms with van der Waals surface area (Å²) in [5.74, 6) is 0. The first-order valence-corrected chi connectivity index (χ1v) is 7.11. The molecular weight excluding hydrogens is 266 g/mol. The van der Waals surface area contributed by atoms with E-state index in [9.17, 15) is 0 Å². The molecule has 3 nitrogen and oxygen atoms in total. The normalized spacial score (nSPS) is 15.6. The molecule has 0 saturated carbocycles. The molecule has 0 amide bonds. The van der Waals surface area contributed by atoms with Crippen LogP contribution >= 0.6 is 22.9 Å². The number of rotatable bonds is 2. The van der Waals surface area contributed by atoms with Gasteiger partial charge in [-0.05, 0) is 17.7 Å². The number of thiazole rings is 1. The van der Waals surface area contributed by atoms with Crippen molar-refractivity contribution in [2.24, 2.45) is 0 Å². The monoisotopic (exact) mass is 279 g/mol. The van der Waals surface area contributed by atoms with Gasteiger partial charge >= 0.3 is 0 Å². The van der Waals surface area contributed by atoms with E-state index in [-0.39, 0.29) is 0 Å². The predicted octanol–water partition coefficient (Wildman–Crippen LogP) is 2.94. The van der Waals surface area contributed by atoms with Crippen molar-refractivity contribution in [2.75, 3.05) is 12.3 Å². The van der Waals surface area contributed by atoms with Crippen molar-refractivity contribution >= 4 is 28.1 Å². The Kier molecular flexibility index (Phi) is 3.24.